The zero-order chi connectivity index (χ0) is 23.5. The van der Waals surface area contributed by atoms with E-state index in [-0.39, 0.29) is 18.6 Å². The van der Waals surface area contributed by atoms with E-state index in [2.05, 4.69) is 30.1 Å². The SMILES string of the molecule is CCOC(=O)NC1C(=O)N(C2CCN(C3CCC(=C(C)C)CC3)CC2)c2ccc(C#N)cc21. The van der Waals surface area contributed by atoms with Gasteiger partial charge in [-0.15, -0.1) is 0 Å². The Morgan fingerprint density at radius 2 is 1.85 bits per heavy atom. The van der Waals surface area contributed by atoms with Crippen molar-refractivity contribution in [2.75, 3.05) is 24.6 Å². The lowest BCUT2D eigenvalue weighted by molar-refractivity contribution is -0.120. The molecule has 1 saturated heterocycles. The van der Waals surface area contributed by atoms with Gasteiger partial charge in [-0.1, -0.05) is 11.1 Å². The van der Waals surface area contributed by atoms with Crippen molar-refractivity contribution in [3.8, 4) is 6.07 Å². The van der Waals surface area contributed by atoms with Gasteiger partial charge in [-0.3, -0.25) is 4.79 Å². The number of likely N-dealkylation sites (tertiary alicyclic amines) is 1. The predicted molar refractivity (Wildman–Crippen MR) is 127 cm³/mol. The minimum absolute atomic E-state index is 0.0892. The van der Waals surface area contributed by atoms with Gasteiger partial charge in [-0.2, -0.15) is 5.26 Å². The number of alkyl carbamates (subject to hydrolysis) is 1. The number of hydrogen-bond acceptors (Lipinski definition) is 5. The number of carbonyl (C=O) groups excluding carboxylic acids is 2. The molecule has 176 valence electrons. The molecule has 0 spiro atoms. The van der Waals surface area contributed by atoms with Crippen LogP contribution in [0.4, 0.5) is 10.5 Å². The van der Waals surface area contributed by atoms with Gasteiger partial charge in [0.1, 0.15) is 6.04 Å². The third-order valence-corrected chi connectivity index (χ3v) is 7.40. The molecular formula is C26H34N4O3. The van der Waals surface area contributed by atoms with E-state index in [1.54, 1.807) is 24.6 Å². The third-order valence-electron chi connectivity index (χ3n) is 7.40. The van der Waals surface area contributed by atoms with Gasteiger partial charge in [0.25, 0.3) is 5.91 Å². The number of amides is 2. The van der Waals surface area contributed by atoms with Crippen LogP contribution in [0.15, 0.2) is 29.3 Å². The molecule has 1 aromatic rings. The van der Waals surface area contributed by atoms with Crippen LogP contribution in [0.1, 0.15) is 76.5 Å². The maximum Gasteiger partial charge on any atom is 0.408 e. The number of nitrogens with zero attached hydrogens (tertiary/aromatic N) is 3. The molecular weight excluding hydrogens is 416 g/mol. The molecule has 4 rings (SSSR count). The molecule has 7 nitrogen and oxygen atoms in total. The number of anilines is 1. The summed E-state index contributed by atoms with van der Waals surface area (Å²) in [4.78, 5) is 30.0. The molecule has 1 saturated carbocycles. The molecule has 1 unspecified atom stereocenters. The first-order chi connectivity index (χ1) is 15.9. The molecule has 1 aliphatic carbocycles. The molecule has 1 N–H and O–H groups in total. The molecule has 33 heavy (non-hydrogen) atoms. The highest BCUT2D eigenvalue weighted by Crippen LogP contribution is 2.40. The van der Waals surface area contributed by atoms with Crippen molar-refractivity contribution in [1.82, 2.24) is 10.2 Å². The molecule has 1 aromatic carbocycles. The van der Waals surface area contributed by atoms with E-state index >= 15 is 0 Å². The summed E-state index contributed by atoms with van der Waals surface area (Å²) in [5.41, 5.74) is 5.05. The van der Waals surface area contributed by atoms with Gasteiger partial charge in [0, 0.05) is 36.4 Å². The van der Waals surface area contributed by atoms with E-state index in [1.807, 2.05) is 11.0 Å². The Hall–Kier alpha value is -2.85. The van der Waals surface area contributed by atoms with Gasteiger partial charge in [0.2, 0.25) is 0 Å². The summed E-state index contributed by atoms with van der Waals surface area (Å²) in [5.74, 6) is -0.141. The molecule has 1 atom stereocenters. The number of allylic oxidation sites excluding steroid dienone is 2. The predicted octanol–water partition coefficient (Wildman–Crippen LogP) is 4.44. The van der Waals surface area contributed by atoms with Gasteiger partial charge in [-0.25, -0.2) is 4.79 Å². The Morgan fingerprint density at radius 1 is 1.15 bits per heavy atom. The fraction of sp³-hybridized carbons (Fsp3) is 0.577. The van der Waals surface area contributed by atoms with Gasteiger partial charge >= 0.3 is 6.09 Å². The van der Waals surface area contributed by atoms with Crippen LogP contribution < -0.4 is 10.2 Å². The first-order valence-electron chi connectivity index (χ1n) is 12.1. The van der Waals surface area contributed by atoms with Crippen LogP contribution in [0.5, 0.6) is 0 Å². The van der Waals surface area contributed by atoms with E-state index in [4.69, 9.17) is 4.74 Å². The van der Waals surface area contributed by atoms with Crippen LogP contribution in [0.3, 0.4) is 0 Å². The maximum atomic E-state index is 13.4. The molecule has 0 bridgehead atoms. The second kappa shape index (κ2) is 9.96. The second-order valence-electron chi connectivity index (χ2n) is 9.49. The molecule has 3 aliphatic rings. The average molecular weight is 451 g/mol. The zero-order valence-corrected chi connectivity index (χ0v) is 19.9. The van der Waals surface area contributed by atoms with Crippen molar-refractivity contribution in [3.63, 3.8) is 0 Å². The fourth-order valence-corrected chi connectivity index (χ4v) is 5.60. The lowest BCUT2D eigenvalue weighted by Crippen LogP contribution is -2.50. The van der Waals surface area contributed by atoms with E-state index in [0.717, 1.165) is 31.6 Å². The Labute approximate surface area is 196 Å². The highest BCUT2D eigenvalue weighted by molar-refractivity contribution is 6.06. The summed E-state index contributed by atoms with van der Waals surface area (Å²) in [6.45, 7) is 8.35. The first kappa shape index (κ1) is 23.3. The van der Waals surface area contributed by atoms with Gasteiger partial charge < -0.3 is 19.9 Å². The molecule has 2 aliphatic heterocycles. The van der Waals surface area contributed by atoms with Gasteiger partial charge in [0.05, 0.1) is 18.2 Å². The normalized spacial score (nSPS) is 23.8. The number of benzene rings is 1. The summed E-state index contributed by atoms with van der Waals surface area (Å²) < 4.78 is 5.01. The number of rotatable bonds is 4. The van der Waals surface area contributed by atoms with Crippen LogP contribution in [0.25, 0.3) is 0 Å². The molecule has 7 heteroatoms. The summed E-state index contributed by atoms with van der Waals surface area (Å²) >= 11 is 0. The number of nitrogens with one attached hydrogen (secondary N) is 1. The van der Waals surface area contributed by atoms with Crippen molar-refractivity contribution in [2.24, 2.45) is 0 Å². The Bertz CT molecular complexity index is 974. The highest BCUT2D eigenvalue weighted by Gasteiger charge is 2.43. The van der Waals surface area contributed by atoms with E-state index in [1.165, 1.54) is 31.3 Å². The van der Waals surface area contributed by atoms with Gasteiger partial charge in [-0.05, 0) is 77.5 Å². The van der Waals surface area contributed by atoms with Crippen LogP contribution in [-0.4, -0.2) is 48.7 Å². The largest absolute Gasteiger partial charge is 0.450 e. The number of piperidine rings is 1. The van der Waals surface area contributed by atoms with Crippen molar-refractivity contribution >= 4 is 17.7 Å². The number of hydrogen-bond donors (Lipinski definition) is 1. The fourth-order valence-electron chi connectivity index (χ4n) is 5.60. The second-order valence-corrected chi connectivity index (χ2v) is 9.49. The molecule has 0 aromatic heterocycles. The summed E-state index contributed by atoms with van der Waals surface area (Å²) in [5, 5.41) is 12.0. The standard InChI is InChI=1S/C26H34N4O3/c1-4-33-26(32)28-24-22-15-18(16-27)5-10-23(22)30(25(24)31)21-11-13-29(14-12-21)20-8-6-19(7-9-20)17(2)3/h5,10,15,20-21,24H,4,6-9,11-14H2,1-3H3,(H,28,32). The van der Waals surface area contributed by atoms with Crippen molar-refractivity contribution < 1.29 is 14.3 Å². The van der Waals surface area contributed by atoms with Crippen LogP contribution in [0.2, 0.25) is 0 Å². The maximum absolute atomic E-state index is 13.4. The third kappa shape index (κ3) is 4.77. The number of fused-ring (bicyclic) bond motifs is 1. The minimum Gasteiger partial charge on any atom is -0.450 e. The molecule has 2 amide bonds. The van der Waals surface area contributed by atoms with E-state index < -0.39 is 12.1 Å². The number of ether oxygens (including phenoxy) is 1. The summed E-state index contributed by atoms with van der Waals surface area (Å²) in [6.07, 6.45) is 6.04. The molecule has 0 radical (unpaired) electrons. The Kier molecular flexibility index (Phi) is 7.04. The van der Waals surface area contributed by atoms with Crippen LogP contribution in [-0.2, 0) is 9.53 Å². The Balaban J connectivity index is 1.46. The molecule has 2 fully saturated rings. The molecule has 2 heterocycles. The first-order valence-corrected chi connectivity index (χ1v) is 12.1. The number of carbonyl (C=O) groups is 2. The minimum atomic E-state index is -0.814. The van der Waals surface area contributed by atoms with Crippen LogP contribution in [0, 0.1) is 11.3 Å². The van der Waals surface area contributed by atoms with E-state index in [0.29, 0.717) is 17.2 Å². The lowest BCUT2D eigenvalue weighted by Gasteiger charge is -2.42. The zero-order valence-electron chi connectivity index (χ0n) is 19.9. The summed E-state index contributed by atoms with van der Waals surface area (Å²) in [6, 6.07) is 7.33. The average Bonchev–Trinajstić information content (AvgIpc) is 3.09. The van der Waals surface area contributed by atoms with Gasteiger partial charge in [0.15, 0.2) is 0 Å². The smallest absolute Gasteiger partial charge is 0.408 e. The highest BCUT2D eigenvalue weighted by atomic mass is 16.5. The van der Waals surface area contributed by atoms with Crippen molar-refractivity contribution in [2.45, 2.75) is 77.4 Å². The van der Waals surface area contributed by atoms with Crippen LogP contribution >= 0.6 is 0 Å². The summed E-state index contributed by atoms with van der Waals surface area (Å²) in [7, 11) is 0. The lowest BCUT2D eigenvalue weighted by atomic mass is 9.86. The van der Waals surface area contributed by atoms with Crippen molar-refractivity contribution in [1.29, 1.82) is 5.26 Å². The topological polar surface area (TPSA) is 85.7 Å². The number of nitriles is 1. The van der Waals surface area contributed by atoms with Crippen molar-refractivity contribution in [3.05, 3.63) is 40.5 Å². The Morgan fingerprint density at radius 3 is 2.45 bits per heavy atom. The monoisotopic (exact) mass is 450 g/mol. The van der Waals surface area contributed by atoms with E-state index in [9.17, 15) is 14.9 Å². The quantitative estimate of drug-likeness (QED) is 0.686.